The molecule has 3 aliphatic rings. The van der Waals surface area contributed by atoms with Crippen molar-refractivity contribution in [2.24, 2.45) is 0 Å². The predicted octanol–water partition coefficient (Wildman–Crippen LogP) is 4.52. The highest BCUT2D eigenvalue weighted by atomic mass is 19.4. The second kappa shape index (κ2) is 9.49. The number of benzene rings is 2. The van der Waals surface area contributed by atoms with Gasteiger partial charge in [-0.1, -0.05) is 6.07 Å². The molecular weight excluding hydrogens is 443 g/mol. The number of rotatable bonds is 7. The molecule has 3 aliphatic heterocycles. The lowest BCUT2D eigenvalue weighted by Gasteiger charge is -2.36. The molecule has 0 saturated carbocycles. The lowest BCUT2D eigenvalue weighted by molar-refractivity contribution is -0.137. The van der Waals surface area contributed by atoms with Crippen molar-refractivity contribution in [1.82, 2.24) is 4.90 Å². The van der Waals surface area contributed by atoms with Crippen LogP contribution >= 0.6 is 0 Å². The van der Waals surface area contributed by atoms with E-state index in [-0.39, 0.29) is 5.91 Å². The minimum absolute atomic E-state index is 0.232. The summed E-state index contributed by atoms with van der Waals surface area (Å²) in [5.41, 5.74) is 3.62. The summed E-state index contributed by atoms with van der Waals surface area (Å²) in [5, 5.41) is 0. The summed E-state index contributed by atoms with van der Waals surface area (Å²) in [6, 6.07) is 9.79. The quantitative estimate of drug-likeness (QED) is 0.554. The molecule has 2 aromatic carbocycles. The molecule has 1 saturated heterocycles. The fourth-order valence-electron chi connectivity index (χ4n) is 5.25. The highest BCUT2D eigenvalue weighted by molar-refractivity contribution is 5.98. The summed E-state index contributed by atoms with van der Waals surface area (Å²) in [5.74, 6) is 1.13. The Balaban J connectivity index is 1.04. The Morgan fingerprint density at radius 3 is 2.41 bits per heavy atom. The van der Waals surface area contributed by atoms with Gasteiger partial charge in [-0.15, -0.1) is 0 Å². The maximum absolute atomic E-state index is 13.0. The number of piperazine rings is 1. The van der Waals surface area contributed by atoms with E-state index in [4.69, 9.17) is 4.74 Å². The number of unbranched alkanes of at least 4 members (excludes halogenated alkanes) is 1. The van der Waals surface area contributed by atoms with E-state index in [2.05, 4.69) is 17.0 Å². The van der Waals surface area contributed by atoms with Crippen molar-refractivity contribution in [1.29, 1.82) is 0 Å². The second-order valence-corrected chi connectivity index (χ2v) is 9.32. The number of alkyl halides is 3. The fraction of sp³-hybridized carbons (Fsp3) is 0.500. The molecule has 3 heterocycles. The molecule has 0 aromatic heterocycles. The monoisotopic (exact) mass is 473 g/mol. The summed E-state index contributed by atoms with van der Waals surface area (Å²) >= 11 is 0. The van der Waals surface area contributed by atoms with E-state index in [0.29, 0.717) is 18.7 Å². The number of aryl methyl sites for hydroxylation is 1. The Labute approximate surface area is 198 Å². The average Bonchev–Trinajstić information content (AvgIpc) is 3.26. The maximum atomic E-state index is 13.0. The summed E-state index contributed by atoms with van der Waals surface area (Å²) in [4.78, 5) is 18.4. The first-order valence-electron chi connectivity index (χ1n) is 12.1. The van der Waals surface area contributed by atoms with Gasteiger partial charge in [-0.2, -0.15) is 13.2 Å². The molecule has 1 amide bonds. The molecule has 5 nitrogen and oxygen atoms in total. The molecule has 182 valence electrons. The van der Waals surface area contributed by atoms with Gasteiger partial charge in [-0.3, -0.25) is 9.69 Å². The van der Waals surface area contributed by atoms with E-state index in [1.165, 1.54) is 23.3 Å². The van der Waals surface area contributed by atoms with Crippen LogP contribution in [0, 0.1) is 0 Å². The summed E-state index contributed by atoms with van der Waals surface area (Å²) in [6.45, 7) is 5.56. The van der Waals surface area contributed by atoms with Crippen molar-refractivity contribution in [2.75, 3.05) is 55.7 Å². The molecule has 0 unspecified atom stereocenters. The maximum Gasteiger partial charge on any atom is 0.416 e. The Morgan fingerprint density at radius 1 is 0.882 bits per heavy atom. The van der Waals surface area contributed by atoms with Crippen LogP contribution in [-0.2, 0) is 23.8 Å². The van der Waals surface area contributed by atoms with Crippen LogP contribution in [0.3, 0.4) is 0 Å². The van der Waals surface area contributed by atoms with Crippen LogP contribution in [0.25, 0.3) is 0 Å². The molecule has 5 rings (SSSR count). The number of carbonyl (C=O) groups excluding carboxylic acids is 1. The average molecular weight is 474 g/mol. The van der Waals surface area contributed by atoms with Gasteiger partial charge in [0, 0.05) is 44.8 Å². The van der Waals surface area contributed by atoms with Crippen LogP contribution in [-0.4, -0.2) is 56.7 Å². The molecule has 0 aliphatic carbocycles. The van der Waals surface area contributed by atoms with E-state index in [1.54, 1.807) is 6.07 Å². The van der Waals surface area contributed by atoms with Crippen LogP contribution in [0.1, 0.15) is 36.0 Å². The number of anilines is 2. The largest absolute Gasteiger partial charge is 0.494 e. The van der Waals surface area contributed by atoms with Gasteiger partial charge in [-0.05, 0) is 73.7 Å². The highest BCUT2D eigenvalue weighted by Crippen LogP contribution is 2.39. The Morgan fingerprint density at radius 2 is 1.65 bits per heavy atom. The van der Waals surface area contributed by atoms with E-state index in [9.17, 15) is 18.0 Å². The van der Waals surface area contributed by atoms with Crippen molar-refractivity contribution in [3.8, 4) is 5.75 Å². The number of halogens is 3. The van der Waals surface area contributed by atoms with Gasteiger partial charge in [0.1, 0.15) is 5.75 Å². The number of amides is 1. The topological polar surface area (TPSA) is 36.0 Å². The summed E-state index contributed by atoms with van der Waals surface area (Å²) in [7, 11) is 0. The third kappa shape index (κ3) is 4.87. The van der Waals surface area contributed by atoms with Crippen molar-refractivity contribution < 1.29 is 22.7 Å². The third-order valence-corrected chi connectivity index (χ3v) is 7.07. The number of carbonyl (C=O) groups is 1. The van der Waals surface area contributed by atoms with Crippen molar-refractivity contribution in [3.63, 3.8) is 0 Å². The minimum atomic E-state index is -4.31. The standard InChI is InChI=1S/C26H30F3N3O2/c27-26(28,29)21-4-3-5-22(18-21)31-13-11-30(12-14-31)9-1-2-15-34-23-16-19-6-7-24(33)32-10-8-20(17-23)25(19)32/h3-5,16-18H,1-2,6-15H2. The first-order chi connectivity index (χ1) is 16.4. The summed E-state index contributed by atoms with van der Waals surface area (Å²) in [6.07, 6.45) is -0.0688. The predicted molar refractivity (Wildman–Crippen MR) is 126 cm³/mol. The molecule has 0 N–H and O–H groups in total. The normalized spacial score (nSPS) is 18.4. The Bertz CT molecular complexity index is 1050. The molecule has 1 fully saturated rings. The SMILES string of the molecule is O=C1CCc2cc(OCCCCN3CCN(c4cccc(C(F)(F)F)c4)CC3)cc3c2N1CC3. The zero-order valence-electron chi connectivity index (χ0n) is 19.2. The highest BCUT2D eigenvalue weighted by Gasteiger charge is 2.32. The lowest BCUT2D eigenvalue weighted by atomic mass is 9.99. The number of hydrogen-bond donors (Lipinski definition) is 0. The van der Waals surface area contributed by atoms with Gasteiger partial charge in [0.2, 0.25) is 5.91 Å². The zero-order chi connectivity index (χ0) is 23.7. The van der Waals surface area contributed by atoms with Crippen molar-refractivity contribution in [2.45, 2.75) is 38.3 Å². The molecule has 0 radical (unpaired) electrons. The van der Waals surface area contributed by atoms with Gasteiger partial charge < -0.3 is 14.5 Å². The van der Waals surface area contributed by atoms with Crippen LogP contribution in [0.15, 0.2) is 36.4 Å². The van der Waals surface area contributed by atoms with Crippen molar-refractivity contribution in [3.05, 3.63) is 53.1 Å². The van der Waals surface area contributed by atoms with Gasteiger partial charge in [0.25, 0.3) is 0 Å². The van der Waals surface area contributed by atoms with E-state index >= 15 is 0 Å². The minimum Gasteiger partial charge on any atom is -0.494 e. The van der Waals surface area contributed by atoms with E-state index in [0.717, 1.165) is 82.5 Å². The van der Waals surface area contributed by atoms with E-state index in [1.807, 2.05) is 9.80 Å². The molecule has 34 heavy (non-hydrogen) atoms. The zero-order valence-corrected chi connectivity index (χ0v) is 19.2. The van der Waals surface area contributed by atoms with Crippen LogP contribution < -0.4 is 14.5 Å². The van der Waals surface area contributed by atoms with Crippen LogP contribution in [0.2, 0.25) is 0 Å². The fourth-order valence-corrected chi connectivity index (χ4v) is 5.25. The summed E-state index contributed by atoms with van der Waals surface area (Å²) < 4.78 is 45.0. The van der Waals surface area contributed by atoms with Crippen LogP contribution in [0.5, 0.6) is 5.75 Å². The number of nitrogens with zero attached hydrogens (tertiary/aromatic N) is 3. The van der Waals surface area contributed by atoms with Gasteiger partial charge in [0.15, 0.2) is 0 Å². The second-order valence-electron chi connectivity index (χ2n) is 9.32. The Kier molecular flexibility index (Phi) is 6.42. The number of hydrogen-bond acceptors (Lipinski definition) is 4. The van der Waals surface area contributed by atoms with Crippen molar-refractivity contribution >= 4 is 17.3 Å². The lowest BCUT2D eigenvalue weighted by Crippen LogP contribution is -2.46. The molecule has 0 bridgehead atoms. The molecular formula is C26H30F3N3O2. The third-order valence-electron chi connectivity index (χ3n) is 7.07. The molecule has 8 heteroatoms. The molecule has 2 aromatic rings. The molecule has 0 spiro atoms. The van der Waals surface area contributed by atoms with Gasteiger partial charge in [0.05, 0.1) is 17.9 Å². The number of ether oxygens (including phenoxy) is 1. The van der Waals surface area contributed by atoms with Gasteiger partial charge in [-0.25, -0.2) is 0 Å². The van der Waals surface area contributed by atoms with Gasteiger partial charge >= 0.3 is 6.18 Å². The van der Waals surface area contributed by atoms with Crippen LogP contribution in [0.4, 0.5) is 24.5 Å². The Hall–Kier alpha value is -2.74. The first kappa shape index (κ1) is 23.0. The first-order valence-corrected chi connectivity index (χ1v) is 12.1. The smallest absolute Gasteiger partial charge is 0.416 e. The molecule has 0 atom stereocenters. The van der Waals surface area contributed by atoms with E-state index < -0.39 is 11.7 Å².